The summed E-state index contributed by atoms with van der Waals surface area (Å²) in [6.07, 6.45) is 4.07. The molecule has 2 aliphatic rings. The van der Waals surface area contributed by atoms with Gasteiger partial charge in [0.05, 0.1) is 17.5 Å². The Hall–Kier alpha value is -3.30. The molecular weight excluding hydrogens is 410 g/mol. The average molecular weight is 432 g/mol. The van der Waals surface area contributed by atoms with Crippen molar-refractivity contribution >= 4 is 11.7 Å². The lowest BCUT2D eigenvalue weighted by atomic mass is 10.0. The summed E-state index contributed by atoms with van der Waals surface area (Å²) >= 11 is 0. The molecule has 0 aromatic carbocycles. The number of carbonyl (C=O) groups excluding carboxylic acids is 2. The van der Waals surface area contributed by atoms with Gasteiger partial charge in [0.15, 0.2) is 17.2 Å². The third-order valence-corrected chi connectivity index (χ3v) is 5.82. The van der Waals surface area contributed by atoms with E-state index < -0.39 is 34.5 Å². The normalized spacial score (nSPS) is 18.0. The van der Waals surface area contributed by atoms with E-state index in [9.17, 15) is 28.3 Å². The summed E-state index contributed by atoms with van der Waals surface area (Å²) in [4.78, 5) is 43.6. The highest BCUT2D eigenvalue weighted by Crippen LogP contribution is 2.29. The summed E-state index contributed by atoms with van der Waals surface area (Å²) in [5, 5.41) is 12.4. The van der Waals surface area contributed by atoms with E-state index in [1.165, 1.54) is 10.9 Å². The molecule has 0 unspecified atom stereocenters. The van der Waals surface area contributed by atoms with Gasteiger partial charge in [0.2, 0.25) is 5.43 Å². The molecule has 31 heavy (non-hydrogen) atoms. The minimum Gasteiger partial charge on any atom is -0.502 e. The van der Waals surface area contributed by atoms with Gasteiger partial charge in [-0.3, -0.25) is 29.1 Å². The van der Waals surface area contributed by atoms with Crippen LogP contribution in [-0.2, 0) is 6.42 Å². The Labute approximate surface area is 176 Å². The molecule has 10 heteroatoms. The summed E-state index contributed by atoms with van der Waals surface area (Å²) in [5.41, 5.74) is -1.48. The first-order valence-electron chi connectivity index (χ1n) is 10.2. The maximum absolute atomic E-state index is 13.8. The molecule has 0 bridgehead atoms. The van der Waals surface area contributed by atoms with Crippen molar-refractivity contribution in [1.82, 2.24) is 14.6 Å². The molecule has 2 aliphatic heterocycles. The molecule has 0 aliphatic carbocycles. The number of aromatic nitrogens is 2. The first-order chi connectivity index (χ1) is 14.8. The predicted octanol–water partition coefficient (Wildman–Crippen LogP) is 1.97. The van der Waals surface area contributed by atoms with Gasteiger partial charge in [-0.25, -0.2) is 8.78 Å². The summed E-state index contributed by atoms with van der Waals surface area (Å²) in [6, 6.07) is 0.675. The van der Waals surface area contributed by atoms with Crippen molar-refractivity contribution in [3.05, 3.63) is 57.3 Å². The largest absolute Gasteiger partial charge is 0.502 e. The Kier molecular flexibility index (Phi) is 5.47. The number of hydrogen-bond acceptors (Lipinski definition) is 6. The second-order valence-electron chi connectivity index (χ2n) is 7.65. The van der Waals surface area contributed by atoms with Crippen LogP contribution in [0.1, 0.15) is 59.1 Å². The van der Waals surface area contributed by atoms with Gasteiger partial charge in [0.1, 0.15) is 17.8 Å². The van der Waals surface area contributed by atoms with Gasteiger partial charge >= 0.3 is 0 Å². The second kappa shape index (κ2) is 8.09. The fourth-order valence-corrected chi connectivity index (χ4v) is 4.28. The van der Waals surface area contributed by atoms with E-state index in [2.05, 4.69) is 4.98 Å². The Morgan fingerprint density at radius 2 is 2.06 bits per heavy atom. The number of piperidine rings is 1. The molecule has 1 saturated heterocycles. The van der Waals surface area contributed by atoms with Gasteiger partial charge < -0.3 is 10.0 Å². The molecule has 164 valence electrons. The van der Waals surface area contributed by atoms with Crippen LogP contribution >= 0.6 is 0 Å². The lowest BCUT2D eigenvalue weighted by molar-refractivity contribution is 0.0534. The van der Waals surface area contributed by atoms with Crippen molar-refractivity contribution in [2.24, 2.45) is 0 Å². The van der Waals surface area contributed by atoms with Crippen molar-refractivity contribution in [3.8, 4) is 5.75 Å². The van der Waals surface area contributed by atoms with Crippen LogP contribution in [0.4, 0.5) is 8.78 Å². The molecule has 2 aromatic heterocycles. The van der Waals surface area contributed by atoms with Crippen LogP contribution in [-0.4, -0.2) is 50.6 Å². The standard InChI is InChI=1S/C21H22F2N4O4/c1-2-25-17-5-3-4-8-26(17)27-11-13(19(29)20(30)18(27)21(25)31)16(28)7-6-15-14(23)9-12(22)10-24-15/h9-11,17,30H,2-8H2,1H3/t17-/m0/s1. The molecule has 4 heterocycles. The number of halogens is 2. The molecule has 1 N–H and O–H groups in total. The van der Waals surface area contributed by atoms with Crippen LogP contribution in [0.15, 0.2) is 23.3 Å². The van der Waals surface area contributed by atoms with E-state index in [-0.39, 0.29) is 36.0 Å². The molecule has 1 amide bonds. The molecule has 1 atom stereocenters. The van der Waals surface area contributed by atoms with Crippen LogP contribution in [0.5, 0.6) is 5.75 Å². The zero-order valence-electron chi connectivity index (χ0n) is 17.0. The molecule has 8 nitrogen and oxygen atoms in total. The first-order valence-corrected chi connectivity index (χ1v) is 10.2. The van der Waals surface area contributed by atoms with E-state index in [4.69, 9.17) is 0 Å². The van der Waals surface area contributed by atoms with Gasteiger partial charge in [-0.1, -0.05) is 0 Å². The maximum atomic E-state index is 13.8. The highest BCUT2D eigenvalue weighted by molar-refractivity contribution is 6.00. The SMILES string of the molecule is CCN1C(=O)c2c(O)c(=O)c(C(=O)CCc3ncc(F)cc3F)cn2N2CCCC[C@@H]12. The van der Waals surface area contributed by atoms with Gasteiger partial charge in [-0.2, -0.15) is 0 Å². The summed E-state index contributed by atoms with van der Waals surface area (Å²) in [7, 11) is 0. The number of pyridine rings is 2. The number of nitrogens with zero attached hydrogens (tertiary/aromatic N) is 4. The Morgan fingerprint density at radius 3 is 2.77 bits per heavy atom. The van der Waals surface area contributed by atoms with Crippen molar-refractivity contribution in [3.63, 3.8) is 0 Å². The van der Waals surface area contributed by atoms with Crippen molar-refractivity contribution in [1.29, 1.82) is 0 Å². The van der Waals surface area contributed by atoms with E-state index >= 15 is 0 Å². The fourth-order valence-electron chi connectivity index (χ4n) is 4.28. The van der Waals surface area contributed by atoms with Gasteiger partial charge in [-0.15, -0.1) is 0 Å². The minimum atomic E-state index is -0.941. The number of ketones is 1. The zero-order chi connectivity index (χ0) is 22.3. The number of aromatic hydroxyl groups is 1. The van der Waals surface area contributed by atoms with Crippen LogP contribution in [0.25, 0.3) is 0 Å². The molecule has 0 radical (unpaired) electrons. The molecule has 0 saturated carbocycles. The predicted molar refractivity (Wildman–Crippen MR) is 107 cm³/mol. The number of hydrogen-bond donors (Lipinski definition) is 1. The van der Waals surface area contributed by atoms with Crippen molar-refractivity contribution in [2.45, 2.75) is 45.2 Å². The third-order valence-electron chi connectivity index (χ3n) is 5.82. The van der Waals surface area contributed by atoms with Gasteiger partial charge in [-0.05, 0) is 32.6 Å². The lowest BCUT2D eigenvalue weighted by Gasteiger charge is -2.48. The average Bonchev–Trinajstić information content (AvgIpc) is 2.75. The Balaban J connectivity index is 1.69. The topological polar surface area (TPSA) is 95.7 Å². The van der Waals surface area contributed by atoms with Crippen molar-refractivity contribution < 1.29 is 23.5 Å². The monoisotopic (exact) mass is 432 g/mol. The van der Waals surface area contributed by atoms with E-state index in [1.54, 1.807) is 4.90 Å². The number of Topliss-reactive ketones (excluding diaryl/α,β-unsaturated/α-hetero) is 1. The Bertz CT molecular complexity index is 1120. The van der Waals surface area contributed by atoms with E-state index in [0.717, 1.165) is 25.5 Å². The van der Waals surface area contributed by atoms with Crippen LogP contribution < -0.4 is 10.4 Å². The maximum Gasteiger partial charge on any atom is 0.278 e. The first kappa shape index (κ1) is 21.0. The highest BCUT2D eigenvalue weighted by Gasteiger charge is 2.40. The summed E-state index contributed by atoms with van der Waals surface area (Å²) in [5.74, 6) is -3.56. The van der Waals surface area contributed by atoms with E-state index in [1.807, 2.05) is 11.9 Å². The number of rotatable bonds is 5. The molecule has 2 aromatic rings. The van der Waals surface area contributed by atoms with Crippen LogP contribution in [0.3, 0.4) is 0 Å². The molecule has 4 rings (SSSR count). The number of fused-ring (bicyclic) bond motifs is 3. The molecule has 0 spiro atoms. The number of amides is 1. The number of aryl methyl sites for hydroxylation is 1. The van der Waals surface area contributed by atoms with Crippen molar-refractivity contribution in [2.75, 3.05) is 18.1 Å². The lowest BCUT2D eigenvalue weighted by Crippen LogP contribution is -2.63. The second-order valence-corrected chi connectivity index (χ2v) is 7.65. The van der Waals surface area contributed by atoms with Crippen LogP contribution in [0.2, 0.25) is 0 Å². The Morgan fingerprint density at radius 1 is 1.29 bits per heavy atom. The smallest absolute Gasteiger partial charge is 0.278 e. The van der Waals surface area contributed by atoms with Crippen LogP contribution in [0, 0.1) is 11.6 Å². The highest BCUT2D eigenvalue weighted by atomic mass is 19.1. The van der Waals surface area contributed by atoms with Gasteiger partial charge in [0, 0.05) is 31.8 Å². The molecule has 1 fully saturated rings. The number of carbonyl (C=O) groups is 2. The molecular formula is C21H22F2N4O4. The summed E-state index contributed by atoms with van der Waals surface area (Å²) < 4.78 is 28.2. The summed E-state index contributed by atoms with van der Waals surface area (Å²) in [6.45, 7) is 2.85. The fraction of sp³-hybridized carbons (Fsp3) is 0.429. The zero-order valence-corrected chi connectivity index (χ0v) is 17.0. The third kappa shape index (κ3) is 3.55. The minimum absolute atomic E-state index is 0.0955. The van der Waals surface area contributed by atoms with E-state index in [0.29, 0.717) is 19.2 Å². The van der Waals surface area contributed by atoms with Gasteiger partial charge in [0.25, 0.3) is 5.91 Å². The quantitative estimate of drug-likeness (QED) is 0.726.